The Morgan fingerprint density at radius 1 is 1.15 bits per heavy atom. The highest BCUT2D eigenvalue weighted by molar-refractivity contribution is 5.91. The van der Waals surface area contributed by atoms with Crippen LogP contribution in [0.2, 0.25) is 0 Å². The number of hydrogen-bond donors (Lipinski definition) is 1. The fourth-order valence-corrected chi connectivity index (χ4v) is 3.26. The molecule has 1 amide bonds. The van der Waals surface area contributed by atoms with Crippen molar-refractivity contribution in [1.29, 1.82) is 0 Å². The van der Waals surface area contributed by atoms with Crippen molar-refractivity contribution >= 4 is 12.0 Å². The van der Waals surface area contributed by atoms with Crippen LogP contribution in [0.25, 0.3) is 17.3 Å². The summed E-state index contributed by atoms with van der Waals surface area (Å²) in [7, 11) is 1.70. The number of H-pyrrole nitrogens is 1. The van der Waals surface area contributed by atoms with E-state index in [0.717, 1.165) is 23.4 Å². The fourth-order valence-electron chi connectivity index (χ4n) is 3.26. The van der Waals surface area contributed by atoms with E-state index in [0.29, 0.717) is 18.5 Å². The summed E-state index contributed by atoms with van der Waals surface area (Å²) in [6.45, 7) is -0.401. The molecule has 6 nitrogen and oxygen atoms in total. The molecule has 1 heterocycles. The summed E-state index contributed by atoms with van der Waals surface area (Å²) in [5, 5.41) is 7.22. The van der Waals surface area contributed by atoms with Gasteiger partial charge in [0.15, 0.2) is 11.5 Å². The average molecular weight is 473 g/mol. The maximum absolute atomic E-state index is 13.1. The lowest BCUT2D eigenvalue weighted by Crippen LogP contribution is -2.26. The van der Waals surface area contributed by atoms with Crippen LogP contribution in [0.15, 0.2) is 54.6 Å². The Labute approximate surface area is 196 Å². The van der Waals surface area contributed by atoms with E-state index in [1.807, 2.05) is 6.07 Å². The molecule has 0 saturated carbocycles. The number of ether oxygens (including phenoxy) is 2. The Hall–Kier alpha value is -3.75. The Balaban J connectivity index is 1.51. The van der Waals surface area contributed by atoms with Crippen LogP contribution in [0.4, 0.5) is 13.2 Å². The minimum Gasteiger partial charge on any atom is -0.490 e. The highest BCUT2D eigenvalue weighted by Gasteiger charge is 2.12. The number of benzene rings is 2. The van der Waals surface area contributed by atoms with Gasteiger partial charge in [-0.1, -0.05) is 6.07 Å². The molecular weight excluding hydrogens is 447 g/mol. The molecule has 0 aliphatic rings. The third-order valence-corrected chi connectivity index (χ3v) is 4.99. The van der Waals surface area contributed by atoms with E-state index in [9.17, 15) is 18.0 Å². The number of halogens is 3. The zero-order valence-electron chi connectivity index (χ0n) is 18.9. The van der Waals surface area contributed by atoms with E-state index in [-0.39, 0.29) is 29.8 Å². The van der Waals surface area contributed by atoms with E-state index in [4.69, 9.17) is 4.74 Å². The number of nitrogens with one attached hydrogen (secondary N) is 1. The van der Waals surface area contributed by atoms with Gasteiger partial charge in [0.2, 0.25) is 5.91 Å². The van der Waals surface area contributed by atoms with E-state index < -0.39 is 6.61 Å². The summed E-state index contributed by atoms with van der Waals surface area (Å²) in [5.74, 6) is -0.361. The maximum Gasteiger partial charge on any atom is 0.387 e. The molecule has 0 bridgehead atoms. The van der Waals surface area contributed by atoms with Crippen LogP contribution >= 0.6 is 0 Å². The van der Waals surface area contributed by atoms with Crippen LogP contribution in [-0.4, -0.2) is 47.8 Å². The third-order valence-electron chi connectivity index (χ3n) is 4.99. The number of nitrogens with zero attached hydrogens (tertiary/aromatic N) is 2. The molecule has 0 aliphatic carbocycles. The molecule has 3 rings (SSSR count). The van der Waals surface area contributed by atoms with Gasteiger partial charge >= 0.3 is 6.61 Å². The van der Waals surface area contributed by atoms with Gasteiger partial charge in [0.1, 0.15) is 5.82 Å². The second kappa shape index (κ2) is 11.9. The smallest absolute Gasteiger partial charge is 0.387 e. The van der Waals surface area contributed by atoms with Gasteiger partial charge in [-0.05, 0) is 73.9 Å². The normalized spacial score (nSPS) is 11.2. The number of rotatable bonds is 11. The summed E-state index contributed by atoms with van der Waals surface area (Å²) in [6.07, 6.45) is 4.42. The van der Waals surface area contributed by atoms with E-state index in [1.54, 1.807) is 49.2 Å². The first kappa shape index (κ1) is 24.9. The summed E-state index contributed by atoms with van der Waals surface area (Å²) in [6, 6.07) is 12.5. The predicted octanol–water partition coefficient (Wildman–Crippen LogP) is 5.32. The minimum atomic E-state index is -2.95. The monoisotopic (exact) mass is 473 g/mol. The molecule has 0 fully saturated rings. The zero-order valence-corrected chi connectivity index (χ0v) is 18.9. The number of aromatic amines is 1. The van der Waals surface area contributed by atoms with Crippen molar-refractivity contribution in [1.82, 2.24) is 15.1 Å². The van der Waals surface area contributed by atoms with E-state index >= 15 is 0 Å². The van der Waals surface area contributed by atoms with Crippen molar-refractivity contribution in [2.45, 2.75) is 26.4 Å². The number of alkyl halides is 2. The summed E-state index contributed by atoms with van der Waals surface area (Å²) in [5.41, 5.74) is 3.10. The van der Waals surface area contributed by atoms with Gasteiger partial charge in [-0.2, -0.15) is 13.9 Å². The Morgan fingerprint density at radius 3 is 2.62 bits per heavy atom. The number of carbonyl (C=O) groups is 1. The molecule has 0 saturated heterocycles. The zero-order chi connectivity index (χ0) is 24.5. The van der Waals surface area contributed by atoms with Gasteiger partial charge in [-0.15, -0.1) is 0 Å². The number of carbonyl (C=O) groups excluding carboxylic acids is 1. The van der Waals surface area contributed by atoms with Gasteiger partial charge < -0.3 is 14.4 Å². The Bertz CT molecular complexity index is 1110. The van der Waals surface area contributed by atoms with Gasteiger partial charge in [0, 0.05) is 30.9 Å². The predicted molar refractivity (Wildman–Crippen MR) is 123 cm³/mol. The van der Waals surface area contributed by atoms with Crippen LogP contribution in [0, 0.1) is 5.82 Å². The summed E-state index contributed by atoms with van der Waals surface area (Å²) in [4.78, 5) is 14.0. The van der Waals surface area contributed by atoms with Crippen LogP contribution in [-0.2, 0) is 11.2 Å². The molecule has 34 heavy (non-hydrogen) atoms. The van der Waals surface area contributed by atoms with Crippen molar-refractivity contribution in [3.05, 3.63) is 71.7 Å². The molecule has 9 heteroatoms. The molecule has 3 aromatic rings. The van der Waals surface area contributed by atoms with Crippen molar-refractivity contribution in [2.75, 3.05) is 20.2 Å². The molecule has 0 atom stereocenters. The Kier molecular flexibility index (Phi) is 8.73. The van der Waals surface area contributed by atoms with Crippen molar-refractivity contribution in [3.63, 3.8) is 0 Å². The molecule has 1 aromatic heterocycles. The number of aromatic nitrogens is 2. The first-order chi connectivity index (χ1) is 16.4. The topological polar surface area (TPSA) is 67.5 Å². The van der Waals surface area contributed by atoms with E-state index in [2.05, 4.69) is 14.9 Å². The average Bonchev–Trinajstić information content (AvgIpc) is 3.28. The lowest BCUT2D eigenvalue weighted by Gasteiger charge is -2.14. The van der Waals surface area contributed by atoms with Gasteiger partial charge in [0.05, 0.1) is 12.3 Å². The number of hydrogen-bond acceptors (Lipinski definition) is 4. The van der Waals surface area contributed by atoms with Gasteiger partial charge in [-0.3, -0.25) is 9.89 Å². The van der Waals surface area contributed by atoms with Crippen LogP contribution in [0.3, 0.4) is 0 Å². The molecular formula is C25H26F3N3O3. The lowest BCUT2D eigenvalue weighted by molar-refractivity contribution is -0.124. The molecule has 180 valence electrons. The molecule has 1 N–H and O–H groups in total. The first-order valence-electron chi connectivity index (χ1n) is 10.8. The molecule has 0 aliphatic heterocycles. The first-order valence-corrected chi connectivity index (χ1v) is 10.8. The fraction of sp³-hybridized carbons (Fsp3) is 0.280. The Morgan fingerprint density at radius 2 is 1.91 bits per heavy atom. The van der Waals surface area contributed by atoms with Gasteiger partial charge in [0.25, 0.3) is 0 Å². The van der Waals surface area contributed by atoms with Crippen molar-refractivity contribution in [2.24, 2.45) is 0 Å². The molecule has 0 unspecified atom stereocenters. The quantitative estimate of drug-likeness (QED) is 0.383. The van der Waals surface area contributed by atoms with Crippen LogP contribution in [0.1, 0.15) is 24.6 Å². The van der Waals surface area contributed by atoms with Crippen LogP contribution in [0.5, 0.6) is 11.5 Å². The van der Waals surface area contributed by atoms with Crippen LogP contribution < -0.4 is 9.47 Å². The molecule has 0 spiro atoms. The second-order valence-electron chi connectivity index (χ2n) is 7.50. The largest absolute Gasteiger partial charge is 0.490 e. The van der Waals surface area contributed by atoms with Gasteiger partial charge in [-0.25, -0.2) is 4.39 Å². The molecule has 0 radical (unpaired) electrons. The maximum atomic E-state index is 13.1. The second-order valence-corrected chi connectivity index (χ2v) is 7.50. The van der Waals surface area contributed by atoms with Crippen molar-refractivity contribution < 1.29 is 27.4 Å². The number of amides is 1. The minimum absolute atomic E-state index is 0.0566. The number of aryl methyl sites for hydroxylation is 1. The molecule has 2 aromatic carbocycles. The van der Waals surface area contributed by atoms with Crippen molar-refractivity contribution in [3.8, 4) is 22.8 Å². The standard InChI is InChI=1S/C25H26F3N3O3/c1-3-33-23-15-17(6-12-22(23)34-25(27)28)7-13-24(32)31(2)14-4-5-20-16-21(30-29-20)18-8-10-19(26)11-9-18/h6-13,15-16,25H,3-5,14H2,1-2H3,(H,29,30). The summed E-state index contributed by atoms with van der Waals surface area (Å²) >= 11 is 0. The SMILES string of the molecule is CCOc1cc(C=CC(=O)N(C)CCCc2cc(-c3ccc(F)cc3)n[nH]2)ccc1OC(F)F. The number of likely N-dealkylation sites (N-methyl/N-ethyl adjacent to an activating group) is 1. The third kappa shape index (κ3) is 7.13. The highest BCUT2D eigenvalue weighted by Crippen LogP contribution is 2.30. The lowest BCUT2D eigenvalue weighted by atomic mass is 10.1. The summed E-state index contributed by atoms with van der Waals surface area (Å²) < 4.78 is 47.9. The highest BCUT2D eigenvalue weighted by atomic mass is 19.3. The van der Waals surface area contributed by atoms with E-state index in [1.165, 1.54) is 24.3 Å².